The molecule has 0 spiro atoms. The minimum absolute atomic E-state index is 0.0719. The third-order valence-corrected chi connectivity index (χ3v) is 15.1. The summed E-state index contributed by atoms with van der Waals surface area (Å²) in [5.41, 5.74) is 0. The van der Waals surface area contributed by atoms with E-state index in [1.807, 2.05) is 0 Å². The first-order valence-corrected chi connectivity index (χ1v) is 35.4. The number of rotatable bonds is 64. The molecule has 0 heterocycles. The summed E-state index contributed by atoms with van der Waals surface area (Å²) in [6.45, 7) is 3.93. The molecular weight excluding hydrogens is 1030 g/mol. The lowest BCUT2D eigenvalue weighted by Crippen LogP contribution is -2.28. The van der Waals surface area contributed by atoms with Crippen LogP contribution in [0.3, 0.4) is 0 Å². The van der Waals surface area contributed by atoms with Crippen LogP contribution in [0.25, 0.3) is 0 Å². The summed E-state index contributed by atoms with van der Waals surface area (Å²) in [5.74, 6) is -0.590. The highest BCUT2D eigenvalue weighted by Gasteiger charge is 2.16. The molecule has 0 aromatic rings. The first kappa shape index (κ1) is 79.8. The lowest BCUT2D eigenvalue weighted by molar-refractivity contribution is -0.161. The van der Waals surface area contributed by atoms with E-state index in [-0.39, 0.29) is 25.2 Å². The zero-order valence-corrected chi connectivity index (χ0v) is 54.9. The molecule has 5 heteroatoms. The second-order valence-electron chi connectivity index (χ2n) is 23.2. The second kappa shape index (κ2) is 73.0. The third kappa shape index (κ3) is 70.3. The maximum Gasteiger partial charge on any atom is 0.306 e. The summed E-state index contributed by atoms with van der Waals surface area (Å²) in [7, 11) is 0. The number of unbranched alkanes of at least 4 members (excludes halogenated alkanes) is 32. The van der Waals surface area contributed by atoms with Crippen molar-refractivity contribution in [3.63, 3.8) is 0 Å². The fourth-order valence-electron chi connectivity index (χ4n) is 9.92. The van der Waals surface area contributed by atoms with Gasteiger partial charge in [-0.3, -0.25) is 9.59 Å². The minimum Gasteiger partial charge on any atom is -0.462 e. The van der Waals surface area contributed by atoms with Crippen molar-refractivity contribution in [1.82, 2.24) is 0 Å². The maximum absolute atomic E-state index is 12.4. The zero-order valence-electron chi connectivity index (χ0n) is 54.9. The van der Waals surface area contributed by atoms with Crippen LogP contribution in [-0.2, 0) is 19.1 Å². The van der Waals surface area contributed by atoms with Crippen molar-refractivity contribution < 1.29 is 24.2 Å². The average Bonchev–Trinajstić information content (AvgIpc) is 3.51. The predicted octanol–water partition coefficient (Wildman–Crippen LogP) is 24.9. The van der Waals surface area contributed by atoms with Gasteiger partial charge in [-0.25, -0.2) is 0 Å². The van der Waals surface area contributed by atoms with Gasteiger partial charge in [0.2, 0.25) is 0 Å². The van der Waals surface area contributed by atoms with E-state index in [1.165, 1.54) is 180 Å². The first-order chi connectivity index (χ1) is 41.6. The van der Waals surface area contributed by atoms with Crippen LogP contribution < -0.4 is 0 Å². The molecule has 0 aliphatic rings. The van der Waals surface area contributed by atoms with Gasteiger partial charge in [0.15, 0.2) is 6.10 Å². The fraction of sp³-hybridized carbons (Fsp3) is 0.671. The van der Waals surface area contributed by atoms with Gasteiger partial charge >= 0.3 is 11.9 Å². The van der Waals surface area contributed by atoms with Crippen LogP contribution in [0.15, 0.2) is 146 Å². The highest BCUT2D eigenvalue weighted by molar-refractivity contribution is 5.70. The Balaban J connectivity index is 3.47. The fourth-order valence-corrected chi connectivity index (χ4v) is 9.92. The molecule has 478 valence electrons. The molecule has 1 N–H and O–H groups in total. The molecule has 0 aromatic carbocycles. The molecule has 0 aliphatic carbocycles. The van der Waals surface area contributed by atoms with Gasteiger partial charge in [0, 0.05) is 12.8 Å². The predicted molar refractivity (Wildman–Crippen MR) is 371 cm³/mol. The van der Waals surface area contributed by atoms with Crippen molar-refractivity contribution in [2.24, 2.45) is 0 Å². The Bertz CT molecular complexity index is 1750. The monoisotopic (exact) mass is 1160 g/mol. The van der Waals surface area contributed by atoms with Crippen LogP contribution in [0.4, 0.5) is 0 Å². The standard InChI is InChI=1S/C79H132O5/c1-3-5-7-9-11-13-15-17-19-21-23-25-27-29-31-33-34-35-36-37-38-39-40-41-42-43-44-46-48-50-52-54-56-58-60-62-64-66-68-70-72-74-79(82)84-77(75-80)76-83-78(81)73-71-69-67-65-63-61-59-57-55-53-51-49-47-45-32-30-28-26-24-22-20-18-16-14-12-10-8-6-4-2/h5-8,11-14,17-20,23-26,29-32,34-35,47,49,77,80H,3-4,9-10,15-16,21-22,27-28,33,36-46,48,50-76H2,1-2H3/b7-5-,8-6-,13-11-,14-12-,19-17-,20-18-,25-23-,26-24-,31-29-,32-30-,35-34-,49-47-. The molecule has 1 unspecified atom stereocenters. The van der Waals surface area contributed by atoms with Gasteiger partial charge < -0.3 is 14.6 Å². The van der Waals surface area contributed by atoms with E-state index < -0.39 is 6.10 Å². The van der Waals surface area contributed by atoms with E-state index in [2.05, 4.69) is 160 Å². The second-order valence-corrected chi connectivity index (χ2v) is 23.2. The lowest BCUT2D eigenvalue weighted by atomic mass is 10.0. The van der Waals surface area contributed by atoms with E-state index in [4.69, 9.17) is 9.47 Å². The van der Waals surface area contributed by atoms with E-state index in [9.17, 15) is 14.7 Å². The molecule has 1 atom stereocenters. The summed E-state index contributed by atoms with van der Waals surface area (Å²) in [6.07, 6.45) is 110. The number of esters is 2. The number of hydrogen-bond acceptors (Lipinski definition) is 5. The van der Waals surface area contributed by atoms with Crippen molar-refractivity contribution >= 4 is 11.9 Å². The average molecular weight is 1160 g/mol. The number of carbonyl (C=O) groups excluding carboxylic acids is 2. The van der Waals surface area contributed by atoms with Crippen LogP contribution in [0.1, 0.15) is 322 Å². The Labute approximate surface area is 520 Å². The van der Waals surface area contributed by atoms with E-state index in [0.717, 1.165) is 116 Å². The number of aliphatic hydroxyl groups excluding tert-OH is 1. The maximum atomic E-state index is 12.4. The summed E-state index contributed by atoms with van der Waals surface area (Å²) >= 11 is 0. The van der Waals surface area contributed by atoms with Crippen molar-refractivity contribution in [3.05, 3.63) is 146 Å². The van der Waals surface area contributed by atoms with E-state index >= 15 is 0 Å². The van der Waals surface area contributed by atoms with Gasteiger partial charge in [-0.15, -0.1) is 0 Å². The highest BCUT2D eigenvalue weighted by atomic mass is 16.6. The molecule has 0 rings (SSSR count). The highest BCUT2D eigenvalue weighted by Crippen LogP contribution is 2.17. The van der Waals surface area contributed by atoms with Crippen molar-refractivity contribution in [2.75, 3.05) is 13.2 Å². The molecule has 0 aromatic heterocycles. The summed E-state index contributed by atoms with van der Waals surface area (Å²) in [5, 5.41) is 9.71. The molecule has 0 aliphatic heterocycles. The van der Waals surface area contributed by atoms with Crippen LogP contribution in [0.5, 0.6) is 0 Å². The zero-order chi connectivity index (χ0) is 60.5. The summed E-state index contributed by atoms with van der Waals surface area (Å²) in [6, 6.07) is 0. The lowest BCUT2D eigenvalue weighted by Gasteiger charge is -2.15. The van der Waals surface area contributed by atoms with Crippen LogP contribution in [0.2, 0.25) is 0 Å². The van der Waals surface area contributed by atoms with Gasteiger partial charge in [0.25, 0.3) is 0 Å². The Morgan fingerprint density at radius 2 is 0.476 bits per heavy atom. The largest absolute Gasteiger partial charge is 0.462 e. The van der Waals surface area contributed by atoms with Gasteiger partial charge in [0.05, 0.1) is 6.61 Å². The van der Waals surface area contributed by atoms with Crippen LogP contribution >= 0.6 is 0 Å². The van der Waals surface area contributed by atoms with Crippen molar-refractivity contribution in [3.8, 4) is 0 Å². The molecule has 84 heavy (non-hydrogen) atoms. The normalized spacial score (nSPS) is 13.1. The number of hydrogen-bond donors (Lipinski definition) is 1. The van der Waals surface area contributed by atoms with E-state index in [0.29, 0.717) is 12.8 Å². The quantitative estimate of drug-likeness (QED) is 0.0373. The number of ether oxygens (including phenoxy) is 2. The number of aliphatic hydroxyl groups is 1. The van der Waals surface area contributed by atoms with E-state index in [1.54, 1.807) is 0 Å². The SMILES string of the molecule is CC/C=C\C/C=C\C/C=C\C/C=C\C/C=C\C/C=C\CCCCCCCCCCCCCCCCCCCCCCCCC(=O)OC(CO)COC(=O)CCCCCCCCCCCC/C=C\C/C=C\C/C=C\C/C=C\C/C=C\C/C=C\CC. The molecule has 0 amide bonds. The van der Waals surface area contributed by atoms with Gasteiger partial charge in [-0.1, -0.05) is 339 Å². The van der Waals surface area contributed by atoms with Gasteiger partial charge in [-0.2, -0.15) is 0 Å². The number of carbonyl (C=O) groups is 2. The number of allylic oxidation sites excluding steroid dienone is 24. The molecule has 5 nitrogen and oxygen atoms in total. The Morgan fingerprint density at radius 3 is 0.714 bits per heavy atom. The first-order valence-electron chi connectivity index (χ1n) is 35.4. The van der Waals surface area contributed by atoms with Crippen LogP contribution in [-0.4, -0.2) is 36.4 Å². The smallest absolute Gasteiger partial charge is 0.306 e. The molecule has 0 fully saturated rings. The summed E-state index contributed by atoms with van der Waals surface area (Å²) in [4.78, 5) is 24.7. The molecule has 0 radical (unpaired) electrons. The molecule has 0 saturated heterocycles. The van der Waals surface area contributed by atoms with Crippen LogP contribution in [0, 0.1) is 0 Å². The summed E-state index contributed by atoms with van der Waals surface area (Å²) < 4.78 is 10.8. The molecular formula is C79H132O5. The molecule has 0 saturated carbocycles. The van der Waals surface area contributed by atoms with Crippen molar-refractivity contribution in [2.45, 2.75) is 328 Å². The van der Waals surface area contributed by atoms with Crippen molar-refractivity contribution in [1.29, 1.82) is 0 Å². The molecule has 0 bridgehead atoms. The third-order valence-electron chi connectivity index (χ3n) is 15.1. The Kier molecular flexibility index (Phi) is 69.4. The Morgan fingerprint density at radius 1 is 0.274 bits per heavy atom. The topological polar surface area (TPSA) is 72.8 Å². The minimum atomic E-state index is -0.782. The van der Waals surface area contributed by atoms with Gasteiger partial charge in [0.1, 0.15) is 6.61 Å². The Hall–Kier alpha value is -4.22. The van der Waals surface area contributed by atoms with Gasteiger partial charge in [-0.05, 0) is 116 Å².